The van der Waals surface area contributed by atoms with E-state index in [1.807, 2.05) is 4.57 Å². The Hall–Kier alpha value is -2.97. The molecule has 31 heavy (non-hydrogen) atoms. The normalized spacial score (nSPS) is 16.1. The van der Waals surface area contributed by atoms with Gasteiger partial charge in [0.1, 0.15) is 22.7 Å². The van der Waals surface area contributed by atoms with Crippen molar-refractivity contribution >= 4 is 21.1 Å². The van der Waals surface area contributed by atoms with Gasteiger partial charge in [0.25, 0.3) is 0 Å². The molecule has 0 aromatic carbocycles. The van der Waals surface area contributed by atoms with Crippen LogP contribution in [0.3, 0.4) is 0 Å². The van der Waals surface area contributed by atoms with E-state index >= 15 is 0 Å². The lowest BCUT2D eigenvalue weighted by Gasteiger charge is -2.29. The molecule has 0 radical (unpaired) electrons. The molecule has 1 fully saturated rings. The number of nitrogens with zero attached hydrogens (tertiary/aromatic N) is 4. The van der Waals surface area contributed by atoms with Crippen molar-refractivity contribution in [1.29, 1.82) is 5.26 Å². The Kier molecular flexibility index (Phi) is 5.23. The average molecular weight is 449 g/mol. The quantitative estimate of drug-likeness (QED) is 0.636. The van der Waals surface area contributed by atoms with Gasteiger partial charge < -0.3 is 4.57 Å². The molecule has 0 bridgehead atoms. The number of sulfonamides is 1. The molecule has 1 atom stereocenters. The van der Waals surface area contributed by atoms with Crippen LogP contribution in [-0.2, 0) is 10.0 Å². The zero-order valence-corrected chi connectivity index (χ0v) is 17.2. The highest BCUT2D eigenvalue weighted by molar-refractivity contribution is 7.89. The zero-order chi connectivity index (χ0) is 22.4. The third-order valence-corrected chi connectivity index (χ3v) is 6.95. The molecule has 3 aromatic heterocycles. The SMILES string of the molecule is C[C@@H](NS(=O)(=O)c1ccc(-c2c(C#N)c3cccnc3n2C2CCC2)nc1)C(F)(F)F. The van der Waals surface area contributed by atoms with Gasteiger partial charge in [0.2, 0.25) is 10.0 Å². The van der Waals surface area contributed by atoms with Crippen molar-refractivity contribution in [1.82, 2.24) is 19.3 Å². The summed E-state index contributed by atoms with van der Waals surface area (Å²) in [7, 11) is -4.42. The number of nitrogens with one attached hydrogen (secondary N) is 1. The van der Waals surface area contributed by atoms with Crippen LogP contribution in [0.1, 0.15) is 37.8 Å². The smallest absolute Gasteiger partial charge is 0.320 e. The summed E-state index contributed by atoms with van der Waals surface area (Å²) in [5.74, 6) is 0. The standard InChI is InChI=1S/C20H18F3N5O2S/c1-12(20(21,22)23)27-31(29,30)14-7-8-17(26-11-14)18-16(10-24)15-6-3-9-25-19(15)28(18)13-4-2-5-13/h3,6-9,11-13,27H,2,4-5H2,1H3/t12-/m1/s1. The van der Waals surface area contributed by atoms with Gasteiger partial charge in [-0.1, -0.05) is 0 Å². The highest BCUT2D eigenvalue weighted by atomic mass is 32.2. The molecule has 3 aromatic rings. The Morgan fingerprint density at radius 3 is 2.55 bits per heavy atom. The summed E-state index contributed by atoms with van der Waals surface area (Å²) in [6.07, 6.45) is 0.816. The van der Waals surface area contributed by atoms with Crippen molar-refractivity contribution in [2.45, 2.75) is 49.3 Å². The van der Waals surface area contributed by atoms with E-state index in [9.17, 15) is 26.9 Å². The molecule has 7 nitrogen and oxygen atoms in total. The lowest BCUT2D eigenvalue weighted by molar-refractivity contribution is -0.147. The number of alkyl halides is 3. The minimum absolute atomic E-state index is 0.147. The first-order valence-electron chi connectivity index (χ1n) is 9.58. The van der Waals surface area contributed by atoms with Crippen molar-refractivity contribution in [3.63, 3.8) is 0 Å². The fraction of sp³-hybridized carbons (Fsp3) is 0.350. The number of pyridine rings is 2. The van der Waals surface area contributed by atoms with Crippen LogP contribution >= 0.6 is 0 Å². The number of halogens is 3. The number of rotatable bonds is 5. The molecule has 0 unspecified atom stereocenters. The van der Waals surface area contributed by atoms with Crippen molar-refractivity contribution in [2.24, 2.45) is 0 Å². The summed E-state index contributed by atoms with van der Waals surface area (Å²) in [5.41, 5.74) is 1.91. The molecule has 1 N–H and O–H groups in total. The molecule has 0 amide bonds. The first-order valence-corrected chi connectivity index (χ1v) is 11.1. The van der Waals surface area contributed by atoms with Gasteiger partial charge in [-0.25, -0.2) is 13.4 Å². The molecule has 11 heteroatoms. The lowest BCUT2D eigenvalue weighted by Crippen LogP contribution is -2.42. The fourth-order valence-corrected chi connectivity index (χ4v) is 4.72. The van der Waals surface area contributed by atoms with E-state index in [0.29, 0.717) is 28.0 Å². The fourth-order valence-electron chi connectivity index (χ4n) is 3.55. The van der Waals surface area contributed by atoms with Crippen LogP contribution in [0.4, 0.5) is 13.2 Å². The van der Waals surface area contributed by atoms with E-state index in [0.717, 1.165) is 32.4 Å². The largest absolute Gasteiger partial charge is 0.404 e. The zero-order valence-electron chi connectivity index (χ0n) is 16.4. The Morgan fingerprint density at radius 1 is 1.26 bits per heavy atom. The first-order chi connectivity index (χ1) is 14.6. The molecule has 4 rings (SSSR count). The Morgan fingerprint density at radius 2 is 2.00 bits per heavy atom. The molecular formula is C20H18F3N5O2S. The van der Waals surface area contributed by atoms with Crippen molar-refractivity contribution in [3.8, 4) is 17.5 Å². The predicted octanol–water partition coefficient (Wildman–Crippen LogP) is 3.92. The summed E-state index contributed by atoms with van der Waals surface area (Å²) in [5, 5.41) is 10.5. The molecule has 1 aliphatic rings. The van der Waals surface area contributed by atoms with Crippen molar-refractivity contribution in [2.75, 3.05) is 0 Å². The number of aromatic nitrogens is 3. The van der Waals surface area contributed by atoms with Crippen LogP contribution in [-0.4, -0.2) is 35.2 Å². The highest BCUT2D eigenvalue weighted by Crippen LogP contribution is 2.41. The third-order valence-electron chi connectivity index (χ3n) is 5.43. The van der Waals surface area contributed by atoms with E-state index in [2.05, 4.69) is 16.0 Å². The Balaban J connectivity index is 1.78. The van der Waals surface area contributed by atoms with Gasteiger partial charge in [0, 0.05) is 23.8 Å². The van der Waals surface area contributed by atoms with Crippen LogP contribution in [0.15, 0.2) is 41.6 Å². The minimum Gasteiger partial charge on any atom is -0.320 e. The predicted molar refractivity (Wildman–Crippen MR) is 106 cm³/mol. The van der Waals surface area contributed by atoms with Crippen molar-refractivity contribution in [3.05, 3.63) is 42.2 Å². The number of hydrogen-bond acceptors (Lipinski definition) is 5. The molecule has 1 saturated carbocycles. The van der Waals surface area contributed by atoms with Crippen LogP contribution in [0.5, 0.6) is 0 Å². The van der Waals surface area contributed by atoms with Gasteiger partial charge in [0.15, 0.2) is 0 Å². The molecule has 0 saturated heterocycles. The van der Waals surface area contributed by atoms with Gasteiger partial charge in [-0.2, -0.15) is 23.2 Å². The van der Waals surface area contributed by atoms with Crippen molar-refractivity contribution < 1.29 is 21.6 Å². The van der Waals surface area contributed by atoms with Gasteiger partial charge in [-0.3, -0.25) is 4.98 Å². The third kappa shape index (κ3) is 3.77. The lowest BCUT2D eigenvalue weighted by atomic mass is 9.92. The van der Waals surface area contributed by atoms with Gasteiger partial charge in [0.05, 0.1) is 17.0 Å². The highest BCUT2D eigenvalue weighted by Gasteiger charge is 2.39. The van der Waals surface area contributed by atoms with E-state index in [1.54, 1.807) is 23.1 Å². The second-order valence-corrected chi connectivity index (χ2v) is 9.14. The summed E-state index contributed by atoms with van der Waals surface area (Å²) in [4.78, 5) is 8.22. The molecule has 0 spiro atoms. The van der Waals surface area contributed by atoms with E-state index in [-0.39, 0.29) is 6.04 Å². The second-order valence-electron chi connectivity index (χ2n) is 7.43. The average Bonchev–Trinajstić information content (AvgIpc) is 3.00. The van der Waals surface area contributed by atoms with Crippen LogP contribution in [0, 0.1) is 11.3 Å². The summed E-state index contributed by atoms with van der Waals surface area (Å²) in [6.45, 7) is 0.725. The van der Waals surface area contributed by atoms with E-state index < -0.39 is 27.1 Å². The van der Waals surface area contributed by atoms with Gasteiger partial charge >= 0.3 is 6.18 Å². The number of fused-ring (bicyclic) bond motifs is 1. The molecule has 3 heterocycles. The van der Waals surface area contributed by atoms with Crippen LogP contribution in [0.25, 0.3) is 22.4 Å². The number of nitriles is 1. The minimum atomic E-state index is -4.71. The maximum Gasteiger partial charge on any atom is 0.404 e. The summed E-state index contributed by atoms with van der Waals surface area (Å²) < 4.78 is 66.4. The van der Waals surface area contributed by atoms with Crippen LogP contribution in [0.2, 0.25) is 0 Å². The van der Waals surface area contributed by atoms with Gasteiger partial charge in [-0.15, -0.1) is 0 Å². The maximum atomic E-state index is 12.7. The monoisotopic (exact) mass is 449 g/mol. The summed E-state index contributed by atoms with van der Waals surface area (Å²) >= 11 is 0. The first kappa shape index (κ1) is 21.3. The van der Waals surface area contributed by atoms with Gasteiger partial charge in [-0.05, 0) is 50.5 Å². The maximum absolute atomic E-state index is 12.7. The van der Waals surface area contributed by atoms with E-state index in [4.69, 9.17) is 0 Å². The molecular weight excluding hydrogens is 431 g/mol. The Bertz CT molecular complexity index is 1270. The molecule has 162 valence electrons. The molecule has 0 aliphatic heterocycles. The topological polar surface area (TPSA) is 101 Å². The summed E-state index contributed by atoms with van der Waals surface area (Å²) in [6, 6.07) is 6.21. The Labute approximate surface area is 176 Å². The second kappa shape index (κ2) is 7.62. The van der Waals surface area contributed by atoms with E-state index in [1.165, 1.54) is 12.1 Å². The molecule has 1 aliphatic carbocycles. The van der Waals surface area contributed by atoms with Crippen LogP contribution < -0.4 is 4.72 Å². The number of hydrogen-bond donors (Lipinski definition) is 1.